The van der Waals surface area contributed by atoms with E-state index in [0.717, 1.165) is 60.2 Å². The molecular formula is C29H34N2O2. The third-order valence-corrected chi connectivity index (χ3v) is 7.03. The molecule has 4 nitrogen and oxygen atoms in total. The Bertz CT molecular complexity index is 1080. The maximum atomic E-state index is 6.52. The van der Waals surface area contributed by atoms with E-state index >= 15 is 0 Å². The van der Waals surface area contributed by atoms with Gasteiger partial charge in [-0.3, -0.25) is 0 Å². The highest BCUT2D eigenvalue weighted by molar-refractivity contribution is 5.85. The van der Waals surface area contributed by atoms with Crippen molar-refractivity contribution in [1.29, 1.82) is 0 Å². The number of aromatic nitrogens is 2. The summed E-state index contributed by atoms with van der Waals surface area (Å²) in [4.78, 5) is 4.62. The smallest absolute Gasteiger partial charge is 0.139 e. The van der Waals surface area contributed by atoms with Gasteiger partial charge in [0.15, 0.2) is 0 Å². The Labute approximate surface area is 197 Å². The second-order valence-electron chi connectivity index (χ2n) is 9.43. The summed E-state index contributed by atoms with van der Waals surface area (Å²) >= 11 is 0. The molecule has 1 aliphatic carbocycles. The van der Waals surface area contributed by atoms with Crippen molar-refractivity contribution < 1.29 is 9.47 Å². The van der Waals surface area contributed by atoms with E-state index in [2.05, 4.69) is 58.1 Å². The van der Waals surface area contributed by atoms with Crippen molar-refractivity contribution in [3.63, 3.8) is 0 Å². The number of hydrogen-bond donors (Lipinski definition) is 0. The van der Waals surface area contributed by atoms with Crippen molar-refractivity contribution >= 4 is 11.6 Å². The van der Waals surface area contributed by atoms with Crippen LogP contribution in [0, 0.1) is 5.92 Å². The maximum Gasteiger partial charge on any atom is 0.139 e. The van der Waals surface area contributed by atoms with Crippen molar-refractivity contribution in [2.45, 2.75) is 57.5 Å². The van der Waals surface area contributed by atoms with Gasteiger partial charge in [0.1, 0.15) is 23.4 Å². The van der Waals surface area contributed by atoms with Gasteiger partial charge in [0.25, 0.3) is 0 Å². The number of nitrogens with zero attached hydrogens (tertiary/aromatic N) is 2. The lowest BCUT2D eigenvalue weighted by atomic mass is 9.95. The second-order valence-corrected chi connectivity index (χ2v) is 9.43. The first kappa shape index (κ1) is 21.8. The van der Waals surface area contributed by atoms with Crippen LogP contribution in [0.2, 0.25) is 0 Å². The molecule has 1 atom stereocenters. The lowest BCUT2D eigenvalue weighted by molar-refractivity contribution is 0.242. The fourth-order valence-corrected chi connectivity index (χ4v) is 5.18. The van der Waals surface area contributed by atoms with Gasteiger partial charge in [0.2, 0.25) is 0 Å². The summed E-state index contributed by atoms with van der Waals surface area (Å²) in [5.74, 6) is 3.72. The molecule has 1 aliphatic heterocycles. The fraction of sp³-hybridized carbons (Fsp3) is 0.414. The van der Waals surface area contributed by atoms with Gasteiger partial charge in [-0.05, 0) is 61.4 Å². The van der Waals surface area contributed by atoms with Crippen LogP contribution in [-0.2, 0) is 13.5 Å². The Morgan fingerprint density at radius 1 is 1.06 bits per heavy atom. The Morgan fingerprint density at radius 2 is 1.91 bits per heavy atom. The van der Waals surface area contributed by atoms with Crippen LogP contribution in [0.25, 0.3) is 11.6 Å². The molecular weight excluding hydrogens is 408 g/mol. The molecule has 2 aliphatic rings. The molecule has 5 rings (SSSR count). The number of imidazole rings is 1. The fourth-order valence-electron chi connectivity index (χ4n) is 5.18. The predicted molar refractivity (Wildman–Crippen MR) is 133 cm³/mol. The quantitative estimate of drug-likeness (QED) is 0.346. The number of rotatable bonds is 9. The van der Waals surface area contributed by atoms with Crippen molar-refractivity contribution in [3.8, 4) is 11.5 Å². The van der Waals surface area contributed by atoms with Crippen LogP contribution in [0.15, 0.2) is 60.9 Å². The Kier molecular flexibility index (Phi) is 6.80. The second kappa shape index (κ2) is 10.3. The molecule has 2 heterocycles. The van der Waals surface area contributed by atoms with Gasteiger partial charge in [-0.15, -0.1) is 0 Å². The molecule has 172 valence electrons. The molecule has 0 amide bonds. The van der Waals surface area contributed by atoms with Crippen LogP contribution in [0.3, 0.4) is 0 Å². The van der Waals surface area contributed by atoms with Crippen LogP contribution >= 0.6 is 0 Å². The lowest BCUT2D eigenvalue weighted by Gasteiger charge is -2.27. The molecule has 0 radical (unpaired) electrons. The first-order valence-corrected chi connectivity index (χ1v) is 12.4. The average molecular weight is 443 g/mol. The molecule has 33 heavy (non-hydrogen) atoms. The van der Waals surface area contributed by atoms with E-state index in [-0.39, 0.29) is 6.10 Å². The maximum absolute atomic E-state index is 6.52. The standard InChI is InChI=1S/C29H34N2O2/c1-31-18-17-30-29(31)26-21-24-20-25(32-19-7-12-22-10-5-6-11-22)14-16-27(24)33-28(26)15-13-23-8-3-2-4-9-23/h2-4,8-9,14,16-18,20-22,28H,5-7,10-13,15,19H2,1H3. The van der Waals surface area contributed by atoms with Gasteiger partial charge < -0.3 is 14.0 Å². The van der Waals surface area contributed by atoms with Crippen LogP contribution < -0.4 is 9.47 Å². The van der Waals surface area contributed by atoms with Gasteiger partial charge in [0, 0.05) is 30.6 Å². The topological polar surface area (TPSA) is 36.3 Å². The summed E-state index contributed by atoms with van der Waals surface area (Å²) in [5, 5.41) is 0. The highest BCUT2D eigenvalue weighted by atomic mass is 16.5. The average Bonchev–Trinajstić information content (AvgIpc) is 3.52. The molecule has 0 N–H and O–H groups in total. The zero-order valence-corrected chi connectivity index (χ0v) is 19.6. The molecule has 1 fully saturated rings. The lowest BCUT2D eigenvalue weighted by Crippen LogP contribution is -2.24. The van der Waals surface area contributed by atoms with Crippen LogP contribution in [0.1, 0.15) is 61.9 Å². The minimum atomic E-state index is -0.0306. The van der Waals surface area contributed by atoms with E-state index in [9.17, 15) is 0 Å². The SMILES string of the molecule is Cn1ccnc1C1=Cc2cc(OCCCC3CCCC3)ccc2OC1CCc1ccccc1. The van der Waals surface area contributed by atoms with Gasteiger partial charge in [0.05, 0.1) is 6.61 Å². The van der Waals surface area contributed by atoms with Gasteiger partial charge >= 0.3 is 0 Å². The molecule has 2 aromatic carbocycles. The third kappa shape index (κ3) is 5.32. The van der Waals surface area contributed by atoms with Crippen molar-refractivity contribution in [2.75, 3.05) is 6.61 Å². The third-order valence-electron chi connectivity index (χ3n) is 7.03. The molecule has 4 heteroatoms. The molecule has 3 aromatic rings. The number of hydrogen-bond acceptors (Lipinski definition) is 3. The van der Waals surface area contributed by atoms with E-state index in [1.54, 1.807) is 0 Å². The summed E-state index contributed by atoms with van der Waals surface area (Å²) in [7, 11) is 2.04. The highest BCUT2D eigenvalue weighted by Gasteiger charge is 2.26. The predicted octanol–water partition coefficient (Wildman–Crippen LogP) is 6.70. The summed E-state index contributed by atoms with van der Waals surface area (Å²) in [6.07, 6.45) is 16.0. The number of fused-ring (bicyclic) bond motifs is 1. The minimum absolute atomic E-state index is 0.0306. The van der Waals surface area contributed by atoms with E-state index in [4.69, 9.17) is 9.47 Å². The number of aryl methyl sites for hydroxylation is 2. The summed E-state index contributed by atoms with van der Waals surface area (Å²) in [6, 6.07) is 16.8. The van der Waals surface area contributed by atoms with E-state index < -0.39 is 0 Å². The van der Waals surface area contributed by atoms with Gasteiger partial charge in [-0.1, -0.05) is 56.0 Å². The molecule has 0 spiro atoms. The Hall–Kier alpha value is -3.01. The van der Waals surface area contributed by atoms with Crippen molar-refractivity contribution in [1.82, 2.24) is 9.55 Å². The minimum Gasteiger partial charge on any atom is -0.494 e. The summed E-state index contributed by atoms with van der Waals surface area (Å²) < 4.78 is 14.7. The van der Waals surface area contributed by atoms with Crippen LogP contribution in [0.5, 0.6) is 11.5 Å². The van der Waals surface area contributed by atoms with E-state index in [1.165, 1.54) is 37.7 Å². The van der Waals surface area contributed by atoms with Crippen molar-refractivity contribution in [3.05, 3.63) is 77.9 Å². The summed E-state index contributed by atoms with van der Waals surface area (Å²) in [5.41, 5.74) is 3.52. The normalized spacial score (nSPS) is 18.0. The zero-order chi connectivity index (χ0) is 22.5. The molecule has 0 saturated heterocycles. The monoisotopic (exact) mass is 442 g/mol. The first-order valence-electron chi connectivity index (χ1n) is 12.4. The molecule has 0 bridgehead atoms. The Morgan fingerprint density at radius 3 is 2.70 bits per heavy atom. The number of ether oxygens (including phenoxy) is 2. The van der Waals surface area contributed by atoms with Gasteiger partial charge in [-0.25, -0.2) is 4.98 Å². The highest BCUT2D eigenvalue weighted by Crippen LogP contribution is 2.37. The van der Waals surface area contributed by atoms with E-state index in [1.807, 2.05) is 25.5 Å². The zero-order valence-electron chi connectivity index (χ0n) is 19.6. The van der Waals surface area contributed by atoms with E-state index in [0.29, 0.717) is 0 Å². The molecule has 1 aromatic heterocycles. The summed E-state index contributed by atoms with van der Waals surface area (Å²) in [6.45, 7) is 0.784. The van der Waals surface area contributed by atoms with Crippen LogP contribution in [0.4, 0.5) is 0 Å². The van der Waals surface area contributed by atoms with Crippen molar-refractivity contribution in [2.24, 2.45) is 13.0 Å². The van der Waals surface area contributed by atoms with Crippen LogP contribution in [-0.4, -0.2) is 22.3 Å². The largest absolute Gasteiger partial charge is 0.494 e. The Balaban J connectivity index is 1.30. The molecule has 1 unspecified atom stereocenters. The number of benzene rings is 2. The van der Waals surface area contributed by atoms with Gasteiger partial charge in [-0.2, -0.15) is 0 Å². The first-order chi connectivity index (χ1) is 16.3. The molecule has 1 saturated carbocycles.